The number of halogens is 1. The number of ether oxygens (including phenoxy) is 1. The van der Waals surface area contributed by atoms with Crippen molar-refractivity contribution in [2.24, 2.45) is 0 Å². The first-order valence-electron chi connectivity index (χ1n) is 3.97. The molecule has 0 radical (unpaired) electrons. The zero-order chi connectivity index (χ0) is 9.68. The third kappa shape index (κ3) is 2.64. The molecule has 0 N–H and O–H groups in total. The van der Waals surface area contributed by atoms with Gasteiger partial charge < -0.3 is 4.74 Å². The largest absolute Gasteiger partial charge is 0.496 e. The van der Waals surface area contributed by atoms with Gasteiger partial charge in [-0.25, -0.2) is 0 Å². The van der Waals surface area contributed by atoms with Gasteiger partial charge in [0.2, 0.25) is 0 Å². The molecule has 68 valence electrons. The molecule has 1 aromatic rings. The van der Waals surface area contributed by atoms with Crippen molar-refractivity contribution in [1.29, 1.82) is 5.26 Å². The average Bonchev–Trinajstić information content (AvgIpc) is 2.16. The van der Waals surface area contributed by atoms with Crippen LogP contribution in [0.2, 0.25) is 5.02 Å². The van der Waals surface area contributed by atoms with Crippen LogP contribution < -0.4 is 4.74 Å². The smallest absolute Gasteiger partial charge is 0.123 e. The maximum absolute atomic E-state index is 8.43. The van der Waals surface area contributed by atoms with E-state index in [1.165, 1.54) is 0 Å². The molecule has 13 heavy (non-hydrogen) atoms. The number of aryl methyl sites for hydroxylation is 1. The minimum atomic E-state index is 0.498. The van der Waals surface area contributed by atoms with Crippen LogP contribution in [0.15, 0.2) is 18.2 Å². The van der Waals surface area contributed by atoms with Crippen LogP contribution >= 0.6 is 11.6 Å². The van der Waals surface area contributed by atoms with E-state index in [1.54, 1.807) is 19.2 Å². The molecule has 0 unspecified atom stereocenters. The Balaban J connectivity index is 2.87. The molecule has 1 aromatic carbocycles. The lowest BCUT2D eigenvalue weighted by atomic mass is 10.1. The highest BCUT2D eigenvalue weighted by Gasteiger charge is 2.02. The summed E-state index contributed by atoms with van der Waals surface area (Å²) in [4.78, 5) is 0. The van der Waals surface area contributed by atoms with Gasteiger partial charge in [0, 0.05) is 11.4 Å². The van der Waals surface area contributed by atoms with Crippen molar-refractivity contribution in [3.05, 3.63) is 28.8 Å². The van der Waals surface area contributed by atoms with Crippen LogP contribution in [0.5, 0.6) is 5.75 Å². The van der Waals surface area contributed by atoms with Crippen LogP contribution in [0.4, 0.5) is 0 Å². The van der Waals surface area contributed by atoms with Gasteiger partial charge in [0.25, 0.3) is 0 Å². The van der Waals surface area contributed by atoms with Gasteiger partial charge in [0.15, 0.2) is 0 Å². The fourth-order valence-corrected chi connectivity index (χ4v) is 1.28. The Labute approximate surface area is 82.7 Å². The number of rotatable bonds is 3. The lowest BCUT2D eigenvalue weighted by Gasteiger charge is -2.06. The van der Waals surface area contributed by atoms with Crippen LogP contribution in [0, 0.1) is 11.3 Å². The van der Waals surface area contributed by atoms with Crippen molar-refractivity contribution >= 4 is 11.6 Å². The first kappa shape index (κ1) is 9.88. The molecule has 2 nitrogen and oxygen atoms in total. The lowest BCUT2D eigenvalue weighted by Crippen LogP contribution is -1.91. The molecule has 0 spiro atoms. The summed E-state index contributed by atoms with van der Waals surface area (Å²) >= 11 is 5.78. The molecule has 0 aliphatic heterocycles. The monoisotopic (exact) mass is 195 g/mol. The van der Waals surface area contributed by atoms with Gasteiger partial charge in [0.05, 0.1) is 13.2 Å². The van der Waals surface area contributed by atoms with Crippen LogP contribution in [0.1, 0.15) is 12.0 Å². The van der Waals surface area contributed by atoms with Crippen molar-refractivity contribution in [1.82, 2.24) is 0 Å². The second-order valence-corrected chi connectivity index (χ2v) is 3.05. The predicted octanol–water partition coefficient (Wildman–Crippen LogP) is 2.80. The number of methoxy groups -OCH3 is 1. The first-order chi connectivity index (χ1) is 6.27. The number of benzene rings is 1. The molecular weight excluding hydrogens is 186 g/mol. The Morgan fingerprint density at radius 3 is 2.92 bits per heavy atom. The number of hydrogen-bond donors (Lipinski definition) is 0. The van der Waals surface area contributed by atoms with Crippen molar-refractivity contribution in [2.45, 2.75) is 12.8 Å². The van der Waals surface area contributed by atoms with E-state index in [0.29, 0.717) is 17.9 Å². The fourth-order valence-electron chi connectivity index (χ4n) is 1.12. The standard InChI is InChI=1S/C10H10ClNO/c1-13-10-7-9(11)5-4-8(10)3-2-6-12/h4-5,7H,2-3H2,1H3. The summed E-state index contributed by atoms with van der Waals surface area (Å²) in [6, 6.07) is 7.54. The van der Waals surface area contributed by atoms with Crippen LogP contribution in [0.3, 0.4) is 0 Å². The molecule has 0 atom stereocenters. The Bertz CT molecular complexity index is 330. The average molecular weight is 196 g/mol. The third-order valence-corrected chi connectivity index (χ3v) is 1.99. The van der Waals surface area contributed by atoms with E-state index in [0.717, 1.165) is 11.3 Å². The second kappa shape index (κ2) is 4.74. The molecule has 1 rings (SSSR count). The fraction of sp³-hybridized carbons (Fsp3) is 0.300. The molecule has 0 amide bonds. The normalized spacial score (nSPS) is 9.31. The lowest BCUT2D eigenvalue weighted by molar-refractivity contribution is 0.410. The summed E-state index contributed by atoms with van der Waals surface area (Å²) < 4.78 is 5.13. The maximum Gasteiger partial charge on any atom is 0.123 e. The number of nitrogens with zero attached hydrogens (tertiary/aromatic N) is 1. The molecule has 0 aliphatic carbocycles. The summed E-state index contributed by atoms with van der Waals surface area (Å²) in [6.45, 7) is 0. The summed E-state index contributed by atoms with van der Waals surface area (Å²) in [6.07, 6.45) is 1.20. The number of hydrogen-bond acceptors (Lipinski definition) is 2. The molecule has 3 heteroatoms. The predicted molar refractivity (Wildman–Crippen MR) is 51.9 cm³/mol. The zero-order valence-corrected chi connectivity index (χ0v) is 8.14. The molecular formula is C10H10ClNO. The SMILES string of the molecule is COc1cc(Cl)ccc1CCC#N. The van der Waals surface area contributed by atoms with Crippen molar-refractivity contribution in [2.75, 3.05) is 7.11 Å². The van der Waals surface area contributed by atoms with Crippen LogP contribution in [0.25, 0.3) is 0 Å². The molecule has 0 aromatic heterocycles. The van der Waals surface area contributed by atoms with Crippen molar-refractivity contribution < 1.29 is 4.74 Å². The summed E-state index contributed by atoms with van der Waals surface area (Å²) in [5.74, 6) is 0.753. The zero-order valence-electron chi connectivity index (χ0n) is 7.38. The summed E-state index contributed by atoms with van der Waals surface area (Å²) in [5.41, 5.74) is 1.02. The molecule has 0 saturated carbocycles. The molecule has 0 bridgehead atoms. The highest BCUT2D eigenvalue weighted by atomic mass is 35.5. The van der Waals surface area contributed by atoms with Gasteiger partial charge in [-0.05, 0) is 24.1 Å². The second-order valence-electron chi connectivity index (χ2n) is 2.61. The van der Waals surface area contributed by atoms with Gasteiger partial charge in [-0.3, -0.25) is 0 Å². The van der Waals surface area contributed by atoms with Crippen molar-refractivity contribution in [3.63, 3.8) is 0 Å². The minimum absolute atomic E-state index is 0.498. The van der Waals surface area contributed by atoms with Gasteiger partial charge in [-0.1, -0.05) is 17.7 Å². The minimum Gasteiger partial charge on any atom is -0.496 e. The third-order valence-electron chi connectivity index (χ3n) is 1.76. The maximum atomic E-state index is 8.43. The van der Waals surface area contributed by atoms with E-state index in [4.69, 9.17) is 21.6 Å². The Hall–Kier alpha value is -1.20. The van der Waals surface area contributed by atoms with E-state index in [1.807, 2.05) is 6.07 Å². The van der Waals surface area contributed by atoms with E-state index >= 15 is 0 Å². The number of nitriles is 1. The van der Waals surface area contributed by atoms with E-state index < -0.39 is 0 Å². The Morgan fingerprint density at radius 1 is 1.54 bits per heavy atom. The molecule has 0 saturated heterocycles. The van der Waals surface area contributed by atoms with Crippen molar-refractivity contribution in [3.8, 4) is 11.8 Å². The molecule has 0 heterocycles. The highest BCUT2D eigenvalue weighted by Crippen LogP contribution is 2.23. The van der Waals surface area contributed by atoms with Gasteiger partial charge >= 0.3 is 0 Å². The first-order valence-corrected chi connectivity index (χ1v) is 4.35. The Kier molecular flexibility index (Phi) is 3.60. The van der Waals surface area contributed by atoms with Gasteiger partial charge in [0.1, 0.15) is 5.75 Å². The van der Waals surface area contributed by atoms with E-state index in [9.17, 15) is 0 Å². The Morgan fingerprint density at radius 2 is 2.31 bits per heavy atom. The topological polar surface area (TPSA) is 33.0 Å². The van der Waals surface area contributed by atoms with Gasteiger partial charge in [-0.2, -0.15) is 5.26 Å². The van der Waals surface area contributed by atoms with Gasteiger partial charge in [-0.15, -0.1) is 0 Å². The molecule has 0 fully saturated rings. The van der Waals surface area contributed by atoms with E-state index in [-0.39, 0.29) is 0 Å². The quantitative estimate of drug-likeness (QED) is 0.743. The highest BCUT2D eigenvalue weighted by molar-refractivity contribution is 6.30. The van der Waals surface area contributed by atoms with E-state index in [2.05, 4.69) is 6.07 Å². The van der Waals surface area contributed by atoms with Crippen LogP contribution in [-0.4, -0.2) is 7.11 Å². The summed E-state index contributed by atoms with van der Waals surface area (Å²) in [7, 11) is 1.60. The summed E-state index contributed by atoms with van der Waals surface area (Å²) in [5, 5.41) is 9.08. The molecule has 0 aliphatic rings. The van der Waals surface area contributed by atoms with Crippen LogP contribution in [-0.2, 0) is 6.42 Å².